The highest BCUT2D eigenvalue weighted by molar-refractivity contribution is 5.68. The van der Waals surface area contributed by atoms with Gasteiger partial charge in [-0.15, -0.1) is 5.10 Å². The summed E-state index contributed by atoms with van der Waals surface area (Å²) in [6.07, 6.45) is -1.36. The molecule has 18 heavy (non-hydrogen) atoms. The Morgan fingerprint density at radius 3 is 3.11 bits per heavy atom. The molecule has 0 spiro atoms. The first-order valence-corrected chi connectivity index (χ1v) is 5.56. The largest absolute Gasteiger partial charge is 0.390 e. The SMILES string of the molecule is O=c1[nH]c(=O)n2c3c1nnn3C[C@@H]1O[C@@H]2CC1O. The molecule has 2 bridgehead atoms. The maximum Gasteiger partial charge on any atom is 0.332 e. The summed E-state index contributed by atoms with van der Waals surface area (Å²) in [6.45, 7) is 0.275. The van der Waals surface area contributed by atoms with Crippen molar-refractivity contribution in [1.29, 1.82) is 0 Å². The molecule has 4 heterocycles. The highest BCUT2D eigenvalue weighted by Gasteiger charge is 2.40. The molecule has 9 nitrogen and oxygen atoms in total. The van der Waals surface area contributed by atoms with Crippen LogP contribution >= 0.6 is 0 Å². The number of nitrogens with one attached hydrogen (secondary N) is 1. The Morgan fingerprint density at radius 2 is 2.28 bits per heavy atom. The second-order valence-electron chi connectivity index (χ2n) is 4.51. The van der Waals surface area contributed by atoms with Crippen LogP contribution in [0, 0.1) is 0 Å². The molecule has 0 amide bonds. The van der Waals surface area contributed by atoms with Gasteiger partial charge in [0.25, 0.3) is 5.56 Å². The van der Waals surface area contributed by atoms with Crippen LogP contribution < -0.4 is 11.2 Å². The molecule has 94 valence electrons. The lowest BCUT2D eigenvalue weighted by molar-refractivity contribution is -0.0206. The molecular formula is C9H9N5O4. The fraction of sp³-hybridized carbons (Fsp3) is 0.556. The van der Waals surface area contributed by atoms with Gasteiger partial charge >= 0.3 is 5.69 Å². The van der Waals surface area contributed by atoms with Crippen molar-refractivity contribution in [2.24, 2.45) is 0 Å². The number of H-pyrrole nitrogens is 1. The van der Waals surface area contributed by atoms with E-state index in [2.05, 4.69) is 15.3 Å². The van der Waals surface area contributed by atoms with Gasteiger partial charge in [-0.2, -0.15) is 0 Å². The fourth-order valence-electron chi connectivity index (χ4n) is 2.60. The second kappa shape index (κ2) is 3.06. The predicted molar refractivity (Wildman–Crippen MR) is 56.9 cm³/mol. The summed E-state index contributed by atoms with van der Waals surface area (Å²) in [6, 6.07) is 0. The molecule has 2 aromatic heterocycles. The Hall–Kier alpha value is -2.00. The van der Waals surface area contributed by atoms with E-state index in [9.17, 15) is 14.7 Å². The molecular weight excluding hydrogens is 242 g/mol. The molecule has 2 aliphatic heterocycles. The normalized spacial score (nSPS) is 29.7. The molecule has 3 atom stereocenters. The van der Waals surface area contributed by atoms with Crippen LogP contribution in [0.3, 0.4) is 0 Å². The van der Waals surface area contributed by atoms with E-state index in [1.165, 1.54) is 9.25 Å². The predicted octanol–water partition coefficient (Wildman–Crippen LogP) is -2.06. The van der Waals surface area contributed by atoms with Crippen LogP contribution in [0.5, 0.6) is 0 Å². The summed E-state index contributed by atoms with van der Waals surface area (Å²) in [5.41, 5.74) is -0.671. The molecule has 1 saturated heterocycles. The minimum absolute atomic E-state index is 0.111. The highest BCUT2D eigenvalue weighted by Crippen LogP contribution is 2.32. The van der Waals surface area contributed by atoms with E-state index in [4.69, 9.17) is 4.74 Å². The van der Waals surface area contributed by atoms with Crippen molar-refractivity contribution in [3.63, 3.8) is 0 Å². The van der Waals surface area contributed by atoms with Gasteiger partial charge in [0.2, 0.25) is 0 Å². The Balaban J connectivity index is 2.15. The number of aromatic nitrogens is 5. The molecule has 2 aliphatic rings. The number of aliphatic hydroxyl groups is 1. The summed E-state index contributed by atoms with van der Waals surface area (Å²) >= 11 is 0. The number of aliphatic hydroxyl groups excluding tert-OH is 1. The van der Waals surface area contributed by atoms with E-state index in [0.29, 0.717) is 12.1 Å². The third kappa shape index (κ3) is 1.07. The second-order valence-corrected chi connectivity index (χ2v) is 4.51. The molecule has 2 aromatic rings. The van der Waals surface area contributed by atoms with Gasteiger partial charge in [-0.3, -0.25) is 9.78 Å². The van der Waals surface area contributed by atoms with Crippen LogP contribution in [0.1, 0.15) is 12.6 Å². The third-order valence-electron chi connectivity index (χ3n) is 3.44. The summed E-state index contributed by atoms with van der Waals surface area (Å²) < 4.78 is 8.32. The van der Waals surface area contributed by atoms with Gasteiger partial charge in [0, 0.05) is 6.42 Å². The minimum Gasteiger partial charge on any atom is -0.390 e. The van der Waals surface area contributed by atoms with Crippen molar-refractivity contribution in [2.45, 2.75) is 31.4 Å². The Kier molecular flexibility index (Phi) is 1.69. The van der Waals surface area contributed by atoms with Crippen LogP contribution in [0.2, 0.25) is 0 Å². The van der Waals surface area contributed by atoms with Crippen LogP contribution in [-0.4, -0.2) is 41.9 Å². The van der Waals surface area contributed by atoms with Crippen LogP contribution in [0.4, 0.5) is 0 Å². The quantitative estimate of drug-likeness (QED) is 0.556. The average Bonchev–Trinajstić information content (AvgIpc) is 2.81. The first kappa shape index (κ1) is 9.97. The van der Waals surface area contributed by atoms with Gasteiger partial charge in [-0.25, -0.2) is 14.0 Å². The van der Waals surface area contributed by atoms with E-state index >= 15 is 0 Å². The summed E-state index contributed by atoms with van der Waals surface area (Å²) in [5, 5.41) is 17.4. The van der Waals surface area contributed by atoms with Gasteiger partial charge in [0.15, 0.2) is 11.2 Å². The first-order chi connectivity index (χ1) is 8.65. The van der Waals surface area contributed by atoms with Crippen molar-refractivity contribution in [3.05, 3.63) is 20.8 Å². The minimum atomic E-state index is -0.652. The van der Waals surface area contributed by atoms with Gasteiger partial charge in [0.05, 0.1) is 12.6 Å². The van der Waals surface area contributed by atoms with E-state index in [1.54, 1.807) is 0 Å². The van der Waals surface area contributed by atoms with Crippen LogP contribution in [0.15, 0.2) is 9.59 Å². The van der Waals surface area contributed by atoms with E-state index in [1.807, 2.05) is 0 Å². The highest BCUT2D eigenvalue weighted by atomic mass is 16.5. The van der Waals surface area contributed by atoms with E-state index in [0.717, 1.165) is 0 Å². The Morgan fingerprint density at radius 1 is 1.44 bits per heavy atom. The van der Waals surface area contributed by atoms with Crippen molar-refractivity contribution in [1.82, 2.24) is 24.5 Å². The Bertz CT molecular complexity index is 758. The van der Waals surface area contributed by atoms with Crippen LogP contribution in [0.25, 0.3) is 11.2 Å². The number of ether oxygens (including phenoxy) is 1. The van der Waals surface area contributed by atoms with E-state index < -0.39 is 29.7 Å². The zero-order valence-corrected chi connectivity index (χ0v) is 9.11. The number of nitrogens with zero attached hydrogens (tertiary/aromatic N) is 4. The molecule has 1 fully saturated rings. The lowest BCUT2D eigenvalue weighted by Crippen LogP contribution is -2.33. The van der Waals surface area contributed by atoms with Crippen molar-refractivity contribution >= 4 is 11.2 Å². The van der Waals surface area contributed by atoms with Gasteiger partial charge in [0.1, 0.15) is 12.3 Å². The van der Waals surface area contributed by atoms with E-state index in [-0.39, 0.29) is 12.1 Å². The number of aromatic amines is 1. The van der Waals surface area contributed by atoms with Crippen LogP contribution in [-0.2, 0) is 11.3 Å². The number of fused-ring (bicyclic) bond motifs is 3. The number of hydrogen-bond donors (Lipinski definition) is 2. The molecule has 1 unspecified atom stereocenters. The zero-order valence-electron chi connectivity index (χ0n) is 9.11. The molecule has 9 heteroatoms. The smallest absolute Gasteiger partial charge is 0.332 e. The monoisotopic (exact) mass is 251 g/mol. The fourth-order valence-corrected chi connectivity index (χ4v) is 2.60. The lowest BCUT2D eigenvalue weighted by atomic mass is 10.1. The van der Waals surface area contributed by atoms with Gasteiger partial charge in [-0.1, -0.05) is 5.21 Å². The van der Waals surface area contributed by atoms with Crippen molar-refractivity contribution < 1.29 is 9.84 Å². The summed E-state index contributed by atoms with van der Waals surface area (Å²) in [7, 11) is 0. The topological polar surface area (TPSA) is 115 Å². The Labute approximate surface area is 98.6 Å². The molecule has 0 radical (unpaired) electrons. The standard InChI is InChI=1S/C9H9N5O4/c15-3-1-5-14-8-6(7(16)10-9(14)17)11-12-13(8)2-4(3)18-5/h3-5,15H,1-2H2,(H,10,16,17)/t3?,4-,5+/m0/s1. The average molecular weight is 251 g/mol. The molecule has 0 aromatic carbocycles. The zero-order chi connectivity index (χ0) is 12.4. The maximum atomic E-state index is 11.9. The third-order valence-corrected chi connectivity index (χ3v) is 3.44. The number of hydrogen-bond acceptors (Lipinski definition) is 6. The van der Waals surface area contributed by atoms with Crippen molar-refractivity contribution in [2.75, 3.05) is 0 Å². The maximum absolute atomic E-state index is 11.9. The molecule has 2 N–H and O–H groups in total. The summed E-state index contributed by atoms with van der Waals surface area (Å²) in [5.74, 6) is 0. The first-order valence-electron chi connectivity index (χ1n) is 5.56. The summed E-state index contributed by atoms with van der Waals surface area (Å²) in [4.78, 5) is 25.7. The lowest BCUT2D eigenvalue weighted by Gasteiger charge is -2.13. The molecule has 4 rings (SSSR count). The van der Waals surface area contributed by atoms with Gasteiger partial charge < -0.3 is 9.84 Å². The molecule has 0 saturated carbocycles. The molecule has 0 aliphatic carbocycles. The van der Waals surface area contributed by atoms with Crippen molar-refractivity contribution in [3.8, 4) is 0 Å². The number of rotatable bonds is 0. The van der Waals surface area contributed by atoms with Gasteiger partial charge in [-0.05, 0) is 0 Å².